The number of rotatable bonds is 10. The Balaban J connectivity index is 1.42. The predicted octanol–water partition coefficient (Wildman–Crippen LogP) is 5.35. The van der Waals surface area contributed by atoms with Gasteiger partial charge in [0, 0.05) is 19.0 Å². The third kappa shape index (κ3) is 6.31. The number of amides is 1. The van der Waals surface area contributed by atoms with E-state index < -0.39 is 0 Å². The minimum atomic E-state index is 0.0668. The van der Waals surface area contributed by atoms with Gasteiger partial charge in [0.25, 0.3) is 0 Å². The molecule has 5 rings (SSSR count). The fraction of sp³-hybridized carbons (Fsp3) is 0.161. The third-order valence-corrected chi connectivity index (χ3v) is 6.43. The smallest absolute Gasteiger partial charge is 0.226 e. The van der Waals surface area contributed by atoms with Crippen molar-refractivity contribution in [1.82, 2.24) is 25.5 Å². The molecule has 1 heterocycles. The van der Waals surface area contributed by atoms with Crippen LogP contribution in [0.4, 0.5) is 0 Å². The number of carbonyl (C=O) groups is 1. The summed E-state index contributed by atoms with van der Waals surface area (Å²) >= 11 is 0. The molecule has 190 valence electrons. The number of tetrazole rings is 1. The summed E-state index contributed by atoms with van der Waals surface area (Å²) in [7, 11) is 1.86. The van der Waals surface area contributed by atoms with Crippen LogP contribution in [-0.4, -0.2) is 45.0 Å². The van der Waals surface area contributed by atoms with Crippen molar-refractivity contribution in [3.8, 4) is 5.75 Å². The summed E-state index contributed by atoms with van der Waals surface area (Å²) in [6.45, 7) is 1.11. The van der Waals surface area contributed by atoms with E-state index in [4.69, 9.17) is 4.74 Å². The molecule has 7 heteroatoms. The van der Waals surface area contributed by atoms with E-state index >= 15 is 0 Å². The molecule has 0 spiro atoms. The molecule has 1 N–H and O–H groups in total. The van der Waals surface area contributed by atoms with Gasteiger partial charge in [-0.25, -0.2) is 0 Å². The van der Waals surface area contributed by atoms with Crippen LogP contribution in [0.25, 0.3) is 22.9 Å². The highest BCUT2D eigenvalue weighted by Crippen LogP contribution is 2.31. The molecule has 0 unspecified atom stereocenters. The Labute approximate surface area is 221 Å². The Bertz CT molecular complexity index is 1520. The van der Waals surface area contributed by atoms with Gasteiger partial charge in [-0.2, -0.15) is 5.21 Å². The summed E-state index contributed by atoms with van der Waals surface area (Å²) < 4.78 is 6.25. The molecule has 0 aliphatic rings. The van der Waals surface area contributed by atoms with Gasteiger partial charge >= 0.3 is 0 Å². The first-order valence-electron chi connectivity index (χ1n) is 12.6. The van der Waals surface area contributed by atoms with Crippen LogP contribution in [0.2, 0.25) is 0 Å². The van der Waals surface area contributed by atoms with Gasteiger partial charge in [0.2, 0.25) is 5.91 Å². The first kappa shape index (κ1) is 24.9. The lowest BCUT2D eigenvalue weighted by Gasteiger charge is -2.19. The van der Waals surface area contributed by atoms with Crippen LogP contribution in [-0.2, 0) is 24.2 Å². The van der Waals surface area contributed by atoms with Crippen LogP contribution in [0.15, 0.2) is 91.0 Å². The second kappa shape index (κ2) is 12.0. The van der Waals surface area contributed by atoms with Crippen molar-refractivity contribution in [2.45, 2.75) is 19.4 Å². The molecule has 1 amide bonds. The van der Waals surface area contributed by atoms with Gasteiger partial charge in [0.05, 0.1) is 6.42 Å². The normalized spacial score (nSPS) is 11.2. The number of nitrogens with one attached hydrogen (secondary N) is 1. The molecule has 0 aliphatic carbocycles. The van der Waals surface area contributed by atoms with Crippen molar-refractivity contribution in [2.24, 2.45) is 0 Å². The van der Waals surface area contributed by atoms with Crippen LogP contribution >= 0.6 is 0 Å². The molecule has 0 radical (unpaired) electrons. The molecule has 0 atom stereocenters. The van der Waals surface area contributed by atoms with Crippen LogP contribution < -0.4 is 4.74 Å². The number of aromatic amines is 1. The Kier molecular flexibility index (Phi) is 7.84. The molecular weight excluding hydrogens is 474 g/mol. The Morgan fingerprint density at radius 1 is 0.895 bits per heavy atom. The SMILES string of the molecule is CN(CCc1ccccc1)C(=O)Cc1cc(C=Cc2nn[nH]n2)cc2c(OCc3ccccc3)cccc12. The molecule has 7 nitrogen and oxygen atoms in total. The van der Waals surface area contributed by atoms with Crippen LogP contribution in [0, 0.1) is 0 Å². The fourth-order valence-corrected chi connectivity index (χ4v) is 4.34. The van der Waals surface area contributed by atoms with E-state index in [1.54, 1.807) is 11.0 Å². The summed E-state index contributed by atoms with van der Waals surface area (Å²) in [6, 6.07) is 30.4. The van der Waals surface area contributed by atoms with E-state index in [0.717, 1.165) is 39.6 Å². The van der Waals surface area contributed by atoms with E-state index in [9.17, 15) is 4.79 Å². The lowest BCUT2D eigenvalue weighted by Crippen LogP contribution is -2.30. The number of nitrogens with zero attached hydrogens (tertiary/aromatic N) is 4. The average molecular weight is 504 g/mol. The zero-order valence-corrected chi connectivity index (χ0v) is 21.2. The maximum absolute atomic E-state index is 13.3. The standard InChI is InChI=1S/C31H29N5O2/c1-36(18-17-23-9-4-2-5-10-23)31(37)21-26-19-25(15-16-30-32-34-35-33-30)20-28-27(26)13-8-14-29(28)38-22-24-11-6-3-7-12-24/h2-16,19-20H,17-18,21-22H2,1H3,(H,32,33,34,35). The number of H-pyrrole nitrogens is 1. The second-order valence-corrected chi connectivity index (χ2v) is 9.14. The van der Waals surface area contributed by atoms with Gasteiger partial charge in [-0.3, -0.25) is 4.79 Å². The molecule has 38 heavy (non-hydrogen) atoms. The highest BCUT2D eigenvalue weighted by atomic mass is 16.5. The Hall–Kier alpha value is -4.78. The van der Waals surface area contributed by atoms with E-state index in [2.05, 4.69) is 38.8 Å². The lowest BCUT2D eigenvalue weighted by atomic mass is 9.97. The van der Waals surface area contributed by atoms with Crippen molar-refractivity contribution < 1.29 is 9.53 Å². The fourth-order valence-electron chi connectivity index (χ4n) is 4.34. The topological polar surface area (TPSA) is 84.0 Å². The van der Waals surface area contributed by atoms with Crippen molar-refractivity contribution in [3.63, 3.8) is 0 Å². The minimum absolute atomic E-state index is 0.0668. The minimum Gasteiger partial charge on any atom is -0.488 e. The molecule has 5 aromatic rings. The molecular formula is C31H29N5O2. The Morgan fingerprint density at radius 2 is 1.66 bits per heavy atom. The zero-order chi connectivity index (χ0) is 26.2. The molecule has 0 saturated carbocycles. The molecule has 1 aromatic heterocycles. The number of fused-ring (bicyclic) bond motifs is 1. The number of carbonyl (C=O) groups excluding carboxylic acids is 1. The van der Waals surface area contributed by atoms with Crippen molar-refractivity contribution in [2.75, 3.05) is 13.6 Å². The first-order chi connectivity index (χ1) is 18.7. The predicted molar refractivity (Wildman–Crippen MR) is 149 cm³/mol. The average Bonchev–Trinajstić information content (AvgIpc) is 3.49. The van der Waals surface area contributed by atoms with Crippen LogP contribution in [0.3, 0.4) is 0 Å². The maximum Gasteiger partial charge on any atom is 0.226 e. The molecule has 0 aliphatic heterocycles. The largest absolute Gasteiger partial charge is 0.488 e. The van der Waals surface area contributed by atoms with E-state index in [1.165, 1.54) is 5.56 Å². The second-order valence-electron chi connectivity index (χ2n) is 9.14. The number of likely N-dealkylation sites (N-methyl/N-ethyl adjacent to an activating group) is 1. The van der Waals surface area contributed by atoms with Crippen LogP contribution in [0.5, 0.6) is 5.75 Å². The van der Waals surface area contributed by atoms with Gasteiger partial charge < -0.3 is 9.64 Å². The highest BCUT2D eigenvalue weighted by Gasteiger charge is 2.15. The maximum atomic E-state index is 13.3. The van der Waals surface area contributed by atoms with Gasteiger partial charge in [-0.1, -0.05) is 84.9 Å². The van der Waals surface area contributed by atoms with E-state index in [1.807, 2.05) is 85.9 Å². The molecule has 0 saturated heterocycles. The van der Waals surface area contributed by atoms with Crippen LogP contribution in [0.1, 0.15) is 28.1 Å². The number of benzene rings is 4. The summed E-state index contributed by atoms with van der Waals surface area (Å²) in [5.41, 5.74) is 4.17. The molecule has 0 fully saturated rings. The summed E-state index contributed by atoms with van der Waals surface area (Å²) in [4.78, 5) is 15.1. The zero-order valence-electron chi connectivity index (χ0n) is 21.2. The quantitative estimate of drug-likeness (QED) is 0.278. The third-order valence-electron chi connectivity index (χ3n) is 6.43. The van der Waals surface area contributed by atoms with Crippen molar-refractivity contribution >= 4 is 28.8 Å². The molecule has 0 bridgehead atoms. The number of ether oxygens (including phenoxy) is 1. The van der Waals surface area contributed by atoms with Crippen molar-refractivity contribution in [3.05, 3.63) is 119 Å². The van der Waals surface area contributed by atoms with Gasteiger partial charge in [0.15, 0.2) is 5.82 Å². The number of aromatic nitrogens is 4. The summed E-state index contributed by atoms with van der Waals surface area (Å²) in [5.74, 6) is 1.32. The summed E-state index contributed by atoms with van der Waals surface area (Å²) in [6.07, 6.45) is 4.81. The van der Waals surface area contributed by atoms with Gasteiger partial charge in [-0.05, 0) is 57.5 Å². The number of hydrogen-bond donors (Lipinski definition) is 1. The number of hydrogen-bond acceptors (Lipinski definition) is 5. The lowest BCUT2D eigenvalue weighted by molar-refractivity contribution is -0.129. The van der Waals surface area contributed by atoms with E-state index in [0.29, 0.717) is 19.0 Å². The van der Waals surface area contributed by atoms with Gasteiger partial charge in [-0.15, -0.1) is 10.2 Å². The Morgan fingerprint density at radius 3 is 2.39 bits per heavy atom. The first-order valence-corrected chi connectivity index (χ1v) is 12.6. The monoisotopic (exact) mass is 503 g/mol. The van der Waals surface area contributed by atoms with Gasteiger partial charge in [0.1, 0.15) is 12.4 Å². The van der Waals surface area contributed by atoms with E-state index in [-0.39, 0.29) is 12.3 Å². The highest BCUT2D eigenvalue weighted by molar-refractivity contribution is 5.96. The summed E-state index contributed by atoms with van der Waals surface area (Å²) in [5, 5.41) is 16.0. The molecule has 4 aromatic carbocycles. The van der Waals surface area contributed by atoms with Crippen molar-refractivity contribution in [1.29, 1.82) is 0 Å².